The highest BCUT2D eigenvalue weighted by Gasteiger charge is 2.17. The Bertz CT molecular complexity index is 393. The van der Waals surface area contributed by atoms with E-state index >= 15 is 0 Å². The molecule has 2 heteroatoms. The van der Waals surface area contributed by atoms with Crippen LogP contribution in [-0.4, -0.2) is 26.8 Å². The zero-order valence-corrected chi connectivity index (χ0v) is 12.6. The van der Waals surface area contributed by atoms with Crippen LogP contribution in [0, 0.1) is 5.92 Å². The first kappa shape index (κ1) is 15.3. The molecule has 0 aliphatic heterocycles. The molecule has 0 atom stereocenters. The lowest BCUT2D eigenvalue weighted by Gasteiger charge is -2.25. The van der Waals surface area contributed by atoms with E-state index in [-0.39, 0.29) is 0 Å². The number of ether oxygens (including phenoxy) is 1. The molecule has 0 aromatic heterocycles. The van der Waals surface area contributed by atoms with Gasteiger partial charge in [-0.3, -0.25) is 0 Å². The lowest BCUT2D eigenvalue weighted by molar-refractivity contribution is 0.200. The van der Waals surface area contributed by atoms with E-state index in [9.17, 15) is 0 Å². The van der Waals surface area contributed by atoms with Gasteiger partial charge in [0.25, 0.3) is 0 Å². The smallest absolute Gasteiger partial charge is 0.0587 e. The fourth-order valence-electron chi connectivity index (χ4n) is 2.96. The second kappa shape index (κ2) is 8.93. The van der Waals surface area contributed by atoms with Crippen molar-refractivity contribution in [1.82, 2.24) is 5.32 Å². The zero-order valence-electron chi connectivity index (χ0n) is 12.6. The molecule has 0 saturated heterocycles. The summed E-state index contributed by atoms with van der Waals surface area (Å²) in [5, 5.41) is 3.51. The third kappa shape index (κ3) is 5.10. The second-order valence-corrected chi connectivity index (χ2v) is 5.63. The predicted octanol–water partition coefficient (Wildman–Crippen LogP) is 3.89. The van der Waals surface area contributed by atoms with Gasteiger partial charge in [0.15, 0.2) is 0 Å². The van der Waals surface area contributed by atoms with Crippen LogP contribution in [0.4, 0.5) is 0 Å². The van der Waals surface area contributed by atoms with Crippen LogP contribution >= 0.6 is 0 Å². The van der Waals surface area contributed by atoms with Crippen LogP contribution in [0.2, 0.25) is 0 Å². The van der Waals surface area contributed by atoms with Crippen molar-refractivity contribution in [2.24, 2.45) is 5.92 Å². The summed E-state index contributed by atoms with van der Waals surface area (Å²) >= 11 is 0. The monoisotopic (exact) mass is 273 g/mol. The van der Waals surface area contributed by atoms with E-state index in [4.69, 9.17) is 4.74 Å². The average Bonchev–Trinajstić information content (AvgIpc) is 2.52. The van der Waals surface area contributed by atoms with Crippen molar-refractivity contribution in [1.29, 1.82) is 0 Å². The van der Waals surface area contributed by atoms with Gasteiger partial charge >= 0.3 is 0 Å². The van der Waals surface area contributed by atoms with E-state index in [1.807, 2.05) is 0 Å². The fourth-order valence-corrected chi connectivity index (χ4v) is 2.96. The Hall–Kier alpha value is -1.12. The third-order valence-electron chi connectivity index (χ3n) is 4.09. The molecule has 1 aliphatic carbocycles. The van der Waals surface area contributed by atoms with Crippen LogP contribution in [0.3, 0.4) is 0 Å². The molecule has 0 heterocycles. The Kier molecular flexibility index (Phi) is 6.82. The van der Waals surface area contributed by atoms with Gasteiger partial charge in [0.1, 0.15) is 0 Å². The Labute approximate surface area is 123 Å². The maximum absolute atomic E-state index is 5.11. The molecule has 0 spiro atoms. The van der Waals surface area contributed by atoms with Crippen LogP contribution in [-0.2, 0) is 4.74 Å². The van der Waals surface area contributed by atoms with E-state index < -0.39 is 0 Å². The van der Waals surface area contributed by atoms with Crippen molar-refractivity contribution >= 4 is 6.08 Å². The molecule has 1 aliphatic rings. The van der Waals surface area contributed by atoms with E-state index in [2.05, 4.69) is 41.7 Å². The van der Waals surface area contributed by atoms with Crippen molar-refractivity contribution in [3.05, 3.63) is 41.5 Å². The molecule has 1 N–H and O–H groups in total. The molecule has 0 radical (unpaired) electrons. The van der Waals surface area contributed by atoms with Crippen molar-refractivity contribution in [3.63, 3.8) is 0 Å². The zero-order chi connectivity index (χ0) is 14.0. The molecule has 0 unspecified atom stereocenters. The summed E-state index contributed by atoms with van der Waals surface area (Å²) in [4.78, 5) is 0. The second-order valence-electron chi connectivity index (χ2n) is 5.63. The molecule has 1 aromatic rings. The summed E-state index contributed by atoms with van der Waals surface area (Å²) in [6.07, 6.45) is 9.26. The van der Waals surface area contributed by atoms with Gasteiger partial charge in [0, 0.05) is 20.2 Å². The molecule has 1 fully saturated rings. The van der Waals surface area contributed by atoms with Gasteiger partial charge in [0.2, 0.25) is 0 Å². The largest absolute Gasteiger partial charge is 0.383 e. The van der Waals surface area contributed by atoms with Crippen molar-refractivity contribution < 1.29 is 4.74 Å². The molecular weight excluding hydrogens is 246 g/mol. The highest BCUT2D eigenvalue weighted by molar-refractivity contribution is 5.53. The molecule has 2 nitrogen and oxygen atoms in total. The SMILES string of the molecule is COCCNC/C(=C/c1ccccc1)C1CCCCC1. The lowest BCUT2D eigenvalue weighted by atomic mass is 9.83. The van der Waals surface area contributed by atoms with Gasteiger partial charge in [-0.25, -0.2) is 0 Å². The first-order chi connectivity index (χ1) is 9.90. The summed E-state index contributed by atoms with van der Waals surface area (Å²) in [5.74, 6) is 0.763. The highest BCUT2D eigenvalue weighted by Crippen LogP contribution is 2.30. The number of benzene rings is 1. The van der Waals surface area contributed by atoms with Crippen LogP contribution in [0.25, 0.3) is 6.08 Å². The highest BCUT2D eigenvalue weighted by atomic mass is 16.5. The van der Waals surface area contributed by atoms with Gasteiger partial charge in [0.05, 0.1) is 6.61 Å². The van der Waals surface area contributed by atoms with Gasteiger partial charge < -0.3 is 10.1 Å². The molecule has 1 aromatic carbocycles. The maximum atomic E-state index is 5.11. The predicted molar refractivity (Wildman–Crippen MR) is 85.7 cm³/mol. The molecule has 2 rings (SSSR count). The van der Waals surface area contributed by atoms with Crippen LogP contribution in [0.15, 0.2) is 35.9 Å². The number of rotatable bonds is 7. The maximum Gasteiger partial charge on any atom is 0.0587 e. The Morgan fingerprint density at radius 3 is 2.65 bits per heavy atom. The number of methoxy groups -OCH3 is 1. The van der Waals surface area contributed by atoms with E-state index in [1.165, 1.54) is 37.7 Å². The van der Waals surface area contributed by atoms with E-state index in [1.54, 1.807) is 12.7 Å². The summed E-state index contributed by atoms with van der Waals surface area (Å²) in [6, 6.07) is 10.7. The summed E-state index contributed by atoms with van der Waals surface area (Å²) in [7, 11) is 1.75. The van der Waals surface area contributed by atoms with Crippen LogP contribution in [0.1, 0.15) is 37.7 Å². The summed E-state index contributed by atoms with van der Waals surface area (Å²) in [6.45, 7) is 2.70. The summed E-state index contributed by atoms with van der Waals surface area (Å²) < 4.78 is 5.11. The van der Waals surface area contributed by atoms with E-state index in [0.29, 0.717) is 0 Å². The first-order valence-corrected chi connectivity index (χ1v) is 7.85. The Morgan fingerprint density at radius 2 is 1.95 bits per heavy atom. The molecule has 0 bridgehead atoms. The minimum atomic E-state index is 0.763. The Morgan fingerprint density at radius 1 is 1.20 bits per heavy atom. The molecule has 0 amide bonds. The first-order valence-electron chi connectivity index (χ1n) is 7.85. The lowest BCUT2D eigenvalue weighted by Crippen LogP contribution is -2.25. The van der Waals surface area contributed by atoms with Crippen molar-refractivity contribution in [2.45, 2.75) is 32.1 Å². The standard InChI is InChI=1S/C18H27NO/c1-20-13-12-19-15-18(17-10-6-3-7-11-17)14-16-8-4-2-5-9-16/h2,4-5,8-9,14,17,19H,3,6-7,10-13,15H2,1H3/b18-14-. The minimum Gasteiger partial charge on any atom is -0.383 e. The van der Waals surface area contributed by atoms with Crippen molar-refractivity contribution in [3.8, 4) is 0 Å². The molecule has 110 valence electrons. The van der Waals surface area contributed by atoms with Crippen LogP contribution < -0.4 is 5.32 Å². The Balaban J connectivity index is 2.00. The molecule has 1 saturated carbocycles. The summed E-state index contributed by atoms with van der Waals surface area (Å²) in [5.41, 5.74) is 2.88. The van der Waals surface area contributed by atoms with Crippen molar-refractivity contribution in [2.75, 3.05) is 26.8 Å². The number of hydrogen-bond acceptors (Lipinski definition) is 2. The van der Waals surface area contributed by atoms with Gasteiger partial charge in [-0.1, -0.05) is 61.2 Å². The van der Waals surface area contributed by atoms with Crippen LogP contribution in [0.5, 0.6) is 0 Å². The third-order valence-corrected chi connectivity index (χ3v) is 4.09. The van der Waals surface area contributed by atoms with Gasteiger partial charge in [-0.05, 0) is 24.3 Å². The number of hydrogen-bond donors (Lipinski definition) is 1. The normalized spacial score (nSPS) is 17.4. The number of nitrogens with one attached hydrogen (secondary N) is 1. The quantitative estimate of drug-likeness (QED) is 0.761. The topological polar surface area (TPSA) is 21.3 Å². The average molecular weight is 273 g/mol. The van der Waals surface area contributed by atoms with Gasteiger partial charge in [-0.2, -0.15) is 0 Å². The fraction of sp³-hybridized carbons (Fsp3) is 0.556. The van der Waals surface area contributed by atoms with Gasteiger partial charge in [-0.15, -0.1) is 0 Å². The molecule has 20 heavy (non-hydrogen) atoms. The minimum absolute atomic E-state index is 0.763. The van der Waals surface area contributed by atoms with E-state index in [0.717, 1.165) is 25.6 Å². The molecular formula is C18H27NO.